The van der Waals surface area contributed by atoms with Gasteiger partial charge < -0.3 is 10.1 Å². The summed E-state index contributed by atoms with van der Waals surface area (Å²) in [5.41, 5.74) is 3.86. The van der Waals surface area contributed by atoms with Gasteiger partial charge in [-0.3, -0.25) is 9.52 Å². The maximum absolute atomic E-state index is 12.8. The first kappa shape index (κ1) is 21.4. The first-order valence-corrected chi connectivity index (χ1v) is 10.9. The fraction of sp³-hybridized carbons (Fsp3) is 0.174. The molecule has 6 nitrogen and oxygen atoms in total. The van der Waals surface area contributed by atoms with E-state index in [-0.39, 0.29) is 17.4 Å². The summed E-state index contributed by atoms with van der Waals surface area (Å²) in [4.78, 5) is 12.2. The average Bonchev–Trinajstić information content (AvgIpc) is 2.70. The molecule has 0 atom stereocenters. The molecule has 0 heterocycles. The lowest BCUT2D eigenvalue weighted by Crippen LogP contribution is -2.20. The molecule has 156 valence electrons. The highest BCUT2D eigenvalue weighted by molar-refractivity contribution is 7.92. The van der Waals surface area contributed by atoms with E-state index in [1.54, 1.807) is 24.3 Å². The van der Waals surface area contributed by atoms with Crippen molar-refractivity contribution in [1.29, 1.82) is 0 Å². The lowest BCUT2D eigenvalue weighted by molar-refractivity contribution is -0.118. The molecule has 0 fully saturated rings. The number of hydrogen-bond donors (Lipinski definition) is 2. The molecule has 0 aromatic heterocycles. The normalized spacial score (nSPS) is 11.0. The van der Waals surface area contributed by atoms with Crippen molar-refractivity contribution >= 4 is 27.3 Å². The van der Waals surface area contributed by atoms with Crippen molar-refractivity contribution in [3.8, 4) is 5.75 Å². The number of amides is 1. The average molecular weight is 425 g/mol. The largest absolute Gasteiger partial charge is 0.484 e. The number of benzene rings is 3. The van der Waals surface area contributed by atoms with Crippen LogP contribution in [0.5, 0.6) is 5.75 Å². The zero-order valence-corrected chi connectivity index (χ0v) is 17.9. The number of para-hydroxylation sites is 1. The number of ether oxygens (including phenoxy) is 1. The zero-order chi connectivity index (χ0) is 21.7. The number of sulfonamides is 1. The Morgan fingerprint density at radius 2 is 1.50 bits per heavy atom. The molecule has 0 radical (unpaired) electrons. The lowest BCUT2D eigenvalue weighted by atomic mass is 10.1. The van der Waals surface area contributed by atoms with Crippen LogP contribution in [0.25, 0.3) is 0 Å². The Labute approximate surface area is 177 Å². The molecular formula is C23H24N2O4S. The molecule has 0 saturated carbocycles. The van der Waals surface area contributed by atoms with Crippen LogP contribution in [0.3, 0.4) is 0 Å². The molecule has 0 aliphatic carbocycles. The smallest absolute Gasteiger partial charge is 0.262 e. The Kier molecular flexibility index (Phi) is 6.42. The summed E-state index contributed by atoms with van der Waals surface area (Å²) in [6.07, 6.45) is 0. The van der Waals surface area contributed by atoms with Gasteiger partial charge in [-0.05, 0) is 68.3 Å². The van der Waals surface area contributed by atoms with Gasteiger partial charge in [0.05, 0.1) is 10.6 Å². The van der Waals surface area contributed by atoms with Crippen LogP contribution in [0.4, 0.5) is 11.4 Å². The van der Waals surface area contributed by atoms with Crippen molar-refractivity contribution < 1.29 is 17.9 Å². The Morgan fingerprint density at radius 1 is 0.900 bits per heavy atom. The molecule has 1 amide bonds. The van der Waals surface area contributed by atoms with Gasteiger partial charge in [0, 0.05) is 5.69 Å². The van der Waals surface area contributed by atoms with Crippen molar-refractivity contribution in [1.82, 2.24) is 0 Å². The minimum atomic E-state index is -3.75. The number of carbonyl (C=O) groups is 1. The predicted molar refractivity (Wildman–Crippen MR) is 118 cm³/mol. The van der Waals surface area contributed by atoms with E-state index in [1.807, 2.05) is 51.1 Å². The van der Waals surface area contributed by atoms with E-state index in [1.165, 1.54) is 12.1 Å². The van der Waals surface area contributed by atoms with Crippen molar-refractivity contribution in [2.45, 2.75) is 25.7 Å². The number of nitrogens with one attached hydrogen (secondary N) is 2. The number of hydrogen-bond acceptors (Lipinski definition) is 4. The highest BCUT2D eigenvalue weighted by Crippen LogP contribution is 2.25. The van der Waals surface area contributed by atoms with Crippen LogP contribution < -0.4 is 14.8 Å². The third kappa shape index (κ3) is 5.39. The second-order valence-electron chi connectivity index (χ2n) is 7.05. The summed E-state index contributed by atoms with van der Waals surface area (Å²) < 4.78 is 33.6. The van der Waals surface area contributed by atoms with E-state index in [4.69, 9.17) is 4.74 Å². The van der Waals surface area contributed by atoms with E-state index in [0.29, 0.717) is 17.1 Å². The minimum Gasteiger partial charge on any atom is -0.484 e. The predicted octanol–water partition coefficient (Wildman–Crippen LogP) is 4.43. The molecule has 0 unspecified atom stereocenters. The summed E-state index contributed by atoms with van der Waals surface area (Å²) in [6, 6.07) is 18.9. The van der Waals surface area contributed by atoms with Crippen LogP contribution in [0.1, 0.15) is 16.7 Å². The van der Waals surface area contributed by atoms with Crippen LogP contribution in [0.15, 0.2) is 71.6 Å². The summed E-state index contributed by atoms with van der Waals surface area (Å²) in [5.74, 6) is 0.264. The van der Waals surface area contributed by atoms with Gasteiger partial charge in [0.15, 0.2) is 6.61 Å². The highest BCUT2D eigenvalue weighted by Gasteiger charge is 2.17. The molecule has 0 aliphatic heterocycles. The molecule has 2 N–H and O–H groups in total. The van der Waals surface area contributed by atoms with Gasteiger partial charge >= 0.3 is 0 Å². The zero-order valence-electron chi connectivity index (χ0n) is 17.1. The highest BCUT2D eigenvalue weighted by atomic mass is 32.2. The Bertz CT molecular complexity index is 1120. The summed E-state index contributed by atoms with van der Waals surface area (Å²) in [6.45, 7) is 5.57. The first-order valence-electron chi connectivity index (χ1n) is 9.43. The van der Waals surface area contributed by atoms with Crippen molar-refractivity contribution in [3.63, 3.8) is 0 Å². The number of aryl methyl sites for hydroxylation is 3. The van der Waals surface area contributed by atoms with Gasteiger partial charge in [-0.15, -0.1) is 0 Å². The van der Waals surface area contributed by atoms with Gasteiger partial charge in [-0.2, -0.15) is 0 Å². The molecule has 30 heavy (non-hydrogen) atoms. The molecular weight excluding hydrogens is 400 g/mol. The van der Waals surface area contributed by atoms with Gasteiger partial charge in [-0.25, -0.2) is 8.42 Å². The van der Waals surface area contributed by atoms with E-state index in [2.05, 4.69) is 10.0 Å². The second kappa shape index (κ2) is 9.00. The third-order valence-corrected chi connectivity index (χ3v) is 5.84. The molecule has 0 aliphatic rings. The Balaban J connectivity index is 1.65. The van der Waals surface area contributed by atoms with Crippen LogP contribution >= 0.6 is 0 Å². The first-order chi connectivity index (χ1) is 14.2. The van der Waals surface area contributed by atoms with Crippen molar-refractivity contribution in [2.24, 2.45) is 0 Å². The van der Waals surface area contributed by atoms with Gasteiger partial charge in [0.1, 0.15) is 5.75 Å². The SMILES string of the molecule is Cc1cc(C)c(NS(=O)(=O)c2ccc(NC(=O)COc3ccccc3)cc2)c(C)c1. The Morgan fingerprint density at radius 3 is 2.10 bits per heavy atom. The van der Waals surface area contributed by atoms with Gasteiger partial charge in [0.25, 0.3) is 15.9 Å². The van der Waals surface area contributed by atoms with E-state index >= 15 is 0 Å². The minimum absolute atomic E-state index is 0.111. The molecule has 0 saturated heterocycles. The monoisotopic (exact) mass is 424 g/mol. The fourth-order valence-corrected chi connectivity index (χ4v) is 4.32. The lowest BCUT2D eigenvalue weighted by Gasteiger charge is -2.14. The van der Waals surface area contributed by atoms with Crippen LogP contribution in [-0.4, -0.2) is 20.9 Å². The summed E-state index contributed by atoms with van der Waals surface area (Å²) >= 11 is 0. The Hall–Kier alpha value is -3.32. The maximum Gasteiger partial charge on any atom is 0.262 e. The molecule has 3 aromatic carbocycles. The second-order valence-corrected chi connectivity index (χ2v) is 8.74. The molecule has 0 spiro atoms. The van der Waals surface area contributed by atoms with Crippen LogP contribution in [0, 0.1) is 20.8 Å². The van der Waals surface area contributed by atoms with Crippen LogP contribution in [-0.2, 0) is 14.8 Å². The van der Waals surface area contributed by atoms with Crippen molar-refractivity contribution in [2.75, 3.05) is 16.6 Å². The van der Waals surface area contributed by atoms with Crippen LogP contribution in [0.2, 0.25) is 0 Å². The number of carbonyl (C=O) groups excluding carboxylic acids is 1. The number of rotatable bonds is 7. The van der Waals surface area contributed by atoms with E-state index in [0.717, 1.165) is 16.7 Å². The van der Waals surface area contributed by atoms with Gasteiger partial charge in [0.2, 0.25) is 0 Å². The molecule has 7 heteroatoms. The third-order valence-electron chi connectivity index (χ3n) is 4.47. The molecule has 3 rings (SSSR count). The summed E-state index contributed by atoms with van der Waals surface area (Å²) in [5, 5.41) is 2.69. The topological polar surface area (TPSA) is 84.5 Å². The van der Waals surface area contributed by atoms with Crippen molar-refractivity contribution in [3.05, 3.63) is 83.4 Å². The van der Waals surface area contributed by atoms with E-state index < -0.39 is 10.0 Å². The summed E-state index contributed by atoms with van der Waals surface area (Å²) in [7, 11) is -3.75. The molecule has 3 aromatic rings. The quantitative estimate of drug-likeness (QED) is 0.588. The standard InChI is InChI=1S/C23H24N2O4S/c1-16-13-17(2)23(18(3)14-16)25-30(27,28)21-11-9-19(10-12-21)24-22(26)15-29-20-7-5-4-6-8-20/h4-14,25H,15H2,1-3H3,(H,24,26). The molecule has 0 bridgehead atoms. The maximum atomic E-state index is 12.8. The fourth-order valence-electron chi connectivity index (χ4n) is 3.11. The number of anilines is 2. The van der Waals surface area contributed by atoms with E-state index in [9.17, 15) is 13.2 Å². The van der Waals surface area contributed by atoms with Gasteiger partial charge in [-0.1, -0.05) is 35.9 Å².